The second-order valence-electron chi connectivity index (χ2n) is 5.64. The third-order valence-electron chi connectivity index (χ3n) is 3.69. The van der Waals surface area contributed by atoms with Crippen molar-refractivity contribution >= 4 is 17.6 Å². The van der Waals surface area contributed by atoms with Gasteiger partial charge in [0.05, 0.1) is 6.61 Å². The zero-order valence-corrected chi connectivity index (χ0v) is 15.7. The molecule has 2 aromatic rings. The van der Waals surface area contributed by atoms with Crippen LogP contribution in [0.4, 0.5) is 0 Å². The lowest BCUT2D eigenvalue weighted by Crippen LogP contribution is -2.37. The van der Waals surface area contributed by atoms with E-state index in [9.17, 15) is 0 Å². The van der Waals surface area contributed by atoms with Gasteiger partial charge in [-0.2, -0.15) is 0 Å². The number of aliphatic imine (C=N–C) groups is 1. The zero-order chi connectivity index (χ0) is 18.1. The highest BCUT2D eigenvalue weighted by Gasteiger charge is 2.05. The summed E-state index contributed by atoms with van der Waals surface area (Å²) in [4.78, 5) is 8.34. The van der Waals surface area contributed by atoms with Crippen molar-refractivity contribution < 1.29 is 4.74 Å². The minimum Gasteiger partial charge on any atom is -0.494 e. The summed E-state index contributed by atoms with van der Waals surface area (Å²) in [5.41, 5.74) is 3.42. The van der Waals surface area contributed by atoms with Crippen molar-refractivity contribution in [3.63, 3.8) is 0 Å². The molecule has 0 atom stereocenters. The first-order chi connectivity index (χ1) is 12.1. The Hall–Kier alpha value is -2.27. The van der Waals surface area contributed by atoms with Crippen LogP contribution in [0, 0.1) is 6.92 Å². The number of guanidine groups is 1. The molecule has 0 saturated carbocycles. The van der Waals surface area contributed by atoms with Crippen LogP contribution in [-0.2, 0) is 13.0 Å². The highest BCUT2D eigenvalue weighted by atomic mass is 35.5. The third-order valence-corrected chi connectivity index (χ3v) is 3.91. The summed E-state index contributed by atoms with van der Waals surface area (Å²) in [5.74, 6) is 1.67. The summed E-state index contributed by atoms with van der Waals surface area (Å²) >= 11 is 5.80. The van der Waals surface area contributed by atoms with E-state index in [0.717, 1.165) is 35.8 Å². The van der Waals surface area contributed by atoms with Gasteiger partial charge < -0.3 is 15.4 Å². The Morgan fingerprint density at radius 1 is 1.24 bits per heavy atom. The number of nitrogens with zero attached hydrogens (tertiary/aromatic N) is 2. The Labute approximate surface area is 154 Å². The summed E-state index contributed by atoms with van der Waals surface area (Å²) in [6.07, 6.45) is 2.64. The molecule has 0 saturated heterocycles. The molecule has 5 nitrogen and oxygen atoms in total. The quantitative estimate of drug-likeness (QED) is 0.451. The summed E-state index contributed by atoms with van der Waals surface area (Å²) in [7, 11) is 1.76. The van der Waals surface area contributed by atoms with E-state index in [2.05, 4.69) is 45.7 Å². The van der Waals surface area contributed by atoms with E-state index in [1.165, 1.54) is 5.56 Å². The number of hydrogen-bond donors (Lipinski definition) is 2. The summed E-state index contributed by atoms with van der Waals surface area (Å²) in [6.45, 7) is 6.11. The smallest absolute Gasteiger partial charge is 0.191 e. The lowest BCUT2D eigenvalue weighted by Gasteiger charge is -2.15. The van der Waals surface area contributed by atoms with Crippen LogP contribution in [0.1, 0.15) is 23.6 Å². The molecule has 0 fully saturated rings. The van der Waals surface area contributed by atoms with Crippen LogP contribution in [0.2, 0.25) is 5.15 Å². The van der Waals surface area contributed by atoms with Gasteiger partial charge in [0.1, 0.15) is 10.9 Å². The number of halogens is 1. The van der Waals surface area contributed by atoms with Crippen molar-refractivity contribution in [1.82, 2.24) is 15.6 Å². The number of nitrogens with one attached hydrogen (secondary N) is 2. The van der Waals surface area contributed by atoms with Crippen molar-refractivity contribution in [2.24, 2.45) is 4.99 Å². The first-order valence-corrected chi connectivity index (χ1v) is 8.77. The van der Waals surface area contributed by atoms with Gasteiger partial charge in [-0.3, -0.25) is 4.99 Å². The van der Waals surface area contributed by atoms with Crippen molar-refractivity contribution in [3.8, 4) is 5.75 Å². The van der Waals surface area contributed by atoms with Crippen LogP contribution in [-0.4, -0.2) is 31.1 Å². The van der Waals surface area contributed by atoms with Gasteiger partial charge in [-0.25, -0.2) is 4.98 Å². The van der Waals surface area contributed by atoms with E-state index in [4.69, 9.17) is 16.3 Å². The fraction of sp³-hybridized carbons (Fsp3) is 0.368. The normalized spacial score (nSPS) is 11.3. The SMILES string of the molecule is CCOc1cc(C)ccc1CNC(=NC)NCCc1ccc(Cl)nc1. The van der Waals surface area contributed by atoms with Crippen molar-refractivity contribution in [2.45, 2.75) is 26.8 Å². The van der Waals surface area contributed by atoms with E-state index < -0.39 is 0 Å². The predicted molar refractivity (Wildman–Crippen MR) is 104 cm³/mol. The highest BCUT2D eigenvalue weighted by molar-refractivity contribution is 6.29. The molecular formula is C19H25ClN4O. The molecule has 2 N–H and O–H groups in total. The number of hydrogen-bond acceptors (Lipinski definition) is 3. The van der Waals surface area contributed by atoms with Gasteiger partial charge in [0.25, 0.3) is 0 Å². The van der Waals surface area contributed by atoms with Crippen molar-refractivity contribution in [1.29, 1.82) is 0 Å². The predicted octanol–water partition coefficient (Wildman–Crippen LogP) is 3.35. The van der Waals surface area contributed by atoms with Gasteiger partial charge in [-0.05, 0) is 43.5 Å². The fourth-order valence-corrected chi connectivity index (χ4v) is 2.49. The zero-order valence-electron chi connectivity index (χ0n) is 15.0. The Kier molecular flexibility index (Phi) is 7.54. The molecule has 25 heavy (non-hydrogen) atoms. The maximum atomic E-state index is 5.80. The summed E-state index contributed by atoms with van der Waals surface area (Å²) < 4.78 is 5.71. The van der Waals surface area contributed by atoms with Crippen LogP contribution >= 0.6 is 11.6 Å². The van der Waals surface area contributed by atoms with Crippen LogP contribution in [0.15, 0.2) is 41.5 Å². The largest absolute Gasteiger partial charge is 0.494 e. The van der Waals surface area contributed by atoms with Gasteiger partial charge in [-0.1, -0.05) is 29.8 Å². The third kappa shape index (κ3) is 6.27. The first-order valence-electron chi connectivity index (χ1n) is 8.39. The fourth-order valence-electron chi connectivity index (χ4n) is 2.38. The highest BCUT2D eigenvalue weighted by Crippen LogP contribution is 2.20. The molecule has 0 bridgehead atoms. The van der Waals surface area contributed by atoms with Crippen LogP contribution < -0.4 is 15.4 Å². The van der Waals surface area contributed by atoms with E-state index in [0.29, 0.717) is 18.3 Å². The van der Waals surface area contributed by atoms with Crippen LogP contribution in [0.5, 0.6) is 5.75 Å². The minimum absolute atomic E-state index is 0.511. The van der Waals surface area contributed by atoms with E-state index >= 15 is 0 Å². The molecule has 0 amide bonds. The Bertz CT molecular complexity index is 701. The molecule has 6 heteroatoms. The van der Waals surface area contributed by atoms with Gasteiger partial charge >= 0.3 is 0 Å². The number of pyridine rings is 1. The Morgan fingerprint density at radius 3 is 2.76 bits per heavy atom. The van der Waals surface area contributed by atoms with Crippen LogP contribution in [0.25, 0.3) is 0 Å². The number of ether oxygens (including phenoxy) is 1. The number of rotatable bonds is 7. The van der Waals surface area contributed by atoms with Gasteiger partial charge in [0, 0.05) is 31.9 Å². The first kappa shape index (κ1) is 19.1. The lowest BCUT2D eigenvalue weighted by atomic mass is 10.1. The molecular weight excluding hydrogens is 336 g/mol. The van der Waals surface area contributed by atoms with Gasteiger partial charge in [0.15, 0.2) is 5.96 Å². The lowest BCUT2D eigenvalue weighted by molar-refractivity contribution is 0.336. The monoisotopic (exact) mass is 360 g/mol. The maximum Gasteiger partial charge on any atom is 0.191 e. The molecule has 1 aromatic heterocycles. The molecule has 0 aliphatic rings. The maximum absolute atomic E-state index is 5.80. The van der Waals surface area contributed by atoms with E-state index in [-0.39, 0.29) is 0 Å². The van der Waals surface area contributed by atoms with Gasteiger partial charge in [-0.15, -0.1) is 0 Å². The van der Waals surface area contributed by atoms with Crippen LogP contribution in [0.3, 0.4) is 0 Å². The molecule has 134 valence electrons. The number of aromatic nitrogens is 1. The molecule has 0 unspecified atom stereocenters. The van der Waals surface area contributed by atoms with E-state index in [1.54, 1.807) is 19.3 Å². The van der Waals surface area contributed by atoms with Gasteiger partial charge in [0.2, 0.25) is 0 Å². The number of aryl methyl sites for hydroxylation is 1. The number of benzene rings is 1. The Balaban J connectivity index is 1.85. The standard InChI is InChI=1S/C19H25ClN4O/c1-4-25-17-11-14(2)5-7-16(17)13-24-19(21-3)22-10-9-15-6-8-18(20)23-12-15/h5-8,11-12H,4,9-10,13H2,1-3H3,(H2,21,22,24). The second-order valence-corrected chi connectivity index (χ2v) is 6.02. The van der Waals surface area contributed by atoms with Crippen molar-refractivity contribution in [3.05, 3.63) is 58.4 Å². The minimum atomic E-state index is 0.511. The molecule has 0 radical (unpaired) electrons. The molecule has 0 aliphatic carbocycles. The summed E-state index contributed by atoms with van der Waals surface area (Å²) in [6, 6.07) is 10.0. The molecule has 1 heterocycles. The molecule has 1 aromatic carbocycles. The topological polar surface area (TPSA) is 58.5 Å². The van der Waals surface area contributed by atoms with Crippen molar-refractivity contribution in [2.75, 3.05) is 20.2 Å². The average Bonchev–Trinajstić information content (AvgIpc) is 2.61. The molecule has 0 spiro atoms. The Morgan fingerprint density at radius 2 is 2.08 bits per heavy atom. The summed E-state index contributed by atoms with van der Waals surface area (Å²) in [5, 5.41) is 7.14. The average molecular weight is 361 g/mol. The molecule has 2 rings (SSSR count). The molecule has 0 aliphatic heterocycles. The second kappa shape index (κ2) is 9.89. The van der Waals surface area contributed by atoms with E-state index in [1.807, 2.05) is 13.0 Å².